The predicted octanol–water partition coefficient (Wildman–Crippen LogP) is 2.93. The van der Waals surface area contributed by atoms with E-state index in [1.54, 1.807) is 24.3 Å². The molecule has 2 aromatic carbocycles. The minimum atomic E-state index is -0.782. The van der Waals surface area contributed by atoms with Crippen molar-refractivity contribution in [3.63, 3.8) is 0 Å². The molecule has 3 amide bonds. The zero-order chi connectivity index (χ0) is 22.8. The molecule has 0 aliphatic rings. The van der Waals surface area contributed by atoms with Crippen LogP contribution in [-0.2, 0) is 16.0 Å². The number of rotatable bonds is 9. The van der Waals surface area contributed by atoms with E-state index in [9.17, 15) is 14.4 Å². The van der Waals surface area contributed by atoms with Gasteiger partial charge in [0, 0.05) is 5.56 Å². The maximum Gasteiger partial charge on any atom is 0.276 e. The van der Waals surface area contributed by atoms with Crippen LogP contribution in [0.2, 0.25) is 0 Å². The molecule has 7 heteroatoms. The van der Waals surface area contributed by atoms with Crippen molar-refractivity contribution in [2.24, 2.45) is 5.92 Å². The lowest BCUT2D eigenvalue weighted by atomic mass is 10.0. The molecule has 0 saturated carbocycles. The average Bonchev–Trinajstić information content (AvgIpc) is 2.75. The van der Waals surface area contributed by atoms with Crippen molar-refractivity contribution in [2.45, 2.75) is 46.6 Å². The molecule has 0 aromatic heterocycles. The van der Waals surface area contributed by atoms with Gasteiger partial charge < -0.3 is 10.1 Å². The first kappa shape index (κ1) is 23.9. The summed E-state index contributed by atoms with van der Waals surface area (Å²) in [5.74, 6) is -0.582. The van der Waals surface area contributed by atoms with Crippen LogP contribution in [0.4, 0.5) is 0 Å². The molecule has 2 rings (SSSR count). The third-order valence-corrected chi connectivity index (χ3v) is 4.75. The van der Waals surface area contributed by atoms with Crippen molar-refractivity contribution < 1.29 is 19.1 Å². The summed E-state index contributed by atoms with van der Waals surface area (Å²) in [5, 5.41) is 2.76. The van der Waals surface area contributed by atoms with Gasteiger partial charge in [0.2, 0.25) is 0 Å². The number of hydrazine groups is 1. The predicted molar refractivity (Wildman–Crippen MR) is 119 cm³/mol. The molecule has 0 unspecified atom stereocenters. The number of carbonyl (C=O) groups excluding carboxylic acids is 3. The highest BCUT2D eigenvalue weighted by atomic mass is 16.5. The minimum Gasteiger partial charge on any atom is -0.484 e. The van der Waals surface area contributed by atoms with Crippen molar-refractivity contribution >= 4 is 17.7 Å². The van der Waals surface area contributed by atoms with E-state index < -0.39 is 17.9 Å². The quantitative estimate of drug-likeness (QED) is 0.538. The Kier molecular flexibility index (Phi) is 9.06. The minimum absolute atomic E-state index is 0.165. The van der Waals surface area contributed by atoms with Crippen LogP contribution in [0.3, 0.4) is 0 Å². The molecule has 31 heavy (non-hydrogen) atoms. The van der Waals surface area contributed by atoms with Crippen molar-refractivity contribution in [3.05, 3.63) is 65.2 Å². The Labute approximate surface area is 183 Å². The van der Waals surface area contributed by atoms with E-state index in [4.69, 9.17) is 4.74 Å². The Balaban J connectivity index is 1.88. The molecule has 1 atom stereocenters. The number of carbonyl (C=O) groups is 3. The molecule has 0 aliphatic carbocycles. The van der Waals surface area contributed by atoms with Gasteiger partial charge in [0.15, 0.2) is 6.61 Å². The highest BCUT2D eigenvalue weighted by Crippen LogP contribution is 2.12. The summed E-state index contributed by atoms with van der Waals surface area (Å²) in [6.45, 7) is 7.56. The summed E-state index contributed by atoms with van der Waals surface area (Å²) in [7, 11) is 0. The van der Waals surface area contributed by atoms with E-state index in [1.807, 2.05) is 45.0 Å². The number of nitrogens with one attached hydrogen (secondary N) is 3. The fourth-order valence-electron chi connectivity index (χ4n) is 2.99. The second-order valence-corrected chi connectivity index (χ2v) is 7.79. The summed E-state index contributed by atoms with van der Waals surface area (Å²) in [4.78, 5) is 37.2. The molecule has 0 radical (unpaired) electrons. The van der Waals surface area contributed by atoms with Gasteiger partial charge in [-0.2, -0.15) is 0 Å². The third kappa shape index (κ3) is 7.77. The van der Waals surface area contributed by atoms with E-state index in [0.717, 1.165) is 12.0 Å². The van der Waals surface area contributed by atoms with Crippen LogP contribution in [0.15, 0.2) is 48.5 Å². The molecule has 0 fully saturated rings. The number of amides is 3. The smallest absolute Gasteiger partial charge is 0.276 e. The van der Waals surface area contributed by atoms with Gasteiger partial charge >= 0.3 is 0 Å². The van der Waals surface area contributed by atoms with Crippen LogP contribution in [0, 0.1) is 12.8 Å². The highest BCUT2D eigenvalue weighted by Gasteiger charge is 2.23. The van der Waals surface area contributed by atoms with Crippen LogP contribution in [0.5, 0.6) is 5.75 Å². The molecule has 0 saturated heterocycles. The number of ether oxygens (including phenoxy) is 1. The van der Waals surface area contributed by atoms with Gasteiger partial charge in [-0.25, -0.2) is 0 Å². The van der Waals surface area contributed by atoms with Crippen LogP contribution >= 0.6 is 0 Å². The summed E-state index contributed by atoms with van der Waals surface area (Å²) in [6, 6.07) is 13.8. The maximum atomic E-state index is 12.6. The summed E-state index contributed by atoms with van der Waals surface area (Å²) >= 11 is 0. The lowest BCUT2D eigenvalue weighted by Crippen LogP contribution is -2.53. The largest absolute Gasteiger partial charge is 0.484 e. The fourth-order valence-corrected chi connectivity index (χ4v) is 2.99. The topological polar surface area (TPSA) is 96.5 Å². The van der Waals surface area contributed by atoms with Gasteiger partial charge in [0.1, 0.15) is 11.8 Å². The molecule has 0 bridgehead atoms. The fraction of sp³-hybridized carbons (Fsp3) is 0.375. The van der Waals surface area contributed by atoms with E-state index in [-0.39, 0.29) is 18.4 Å². The highest BCUT2D eigenvalue weighted by molar-refractivity contribution is 5.98. The lowest BCUT2D eigenvalue weighted by Gasteiger charge is -2.21. The first-order chi connectivity index (χ1) is 14.8. The van der Waals surface area contributed by atoms with Gasteiger partial charge in [-0.3, -0.25) is 25.2 Å². The molecule has 0 heterocycles. The second kappa shape index (κ2) is 11.7. The van der Waals surface area contributed by atoms with E-state index in [2.05, 4.69) is 23.1 Å². The molecular formula is C24H31N3O4. The van der Waals surface area contributed by atoms with Crippen molar-refractivity contribution in [1.29, 1.82) is 0 Å². The molecule has 0 spiro atoms. The molecule has 166 valence electrons. The summed E-state index contributed by atoms with van der Waals surface area (Å²) < 4.78 is 5.43. The normalized spacial score (nSPS) is 11.5. The van der Waals surface area contributed by atoms with Crippen LogP contribution in [0.1, 0.15) is 48.7 Å². The molecule has 3 N–H and O–H groups in total. The monoisotopic (exact) mass is 425 g/mol. The summed E-state index contributed by atoms with van der Waals surface area (Å²) in [5.41, 5.74) is 7.22. The first-order valence-electron chi connectivity index (χ1n) is 10.5. The van der Waals surface area contributed by atoms with Gasteiger partial charge in [-0.1, -0.05) is 51.1 Å². The first-order valence-corrected chi connectivity index (χ1v) is 10.5. The maximum absolute atomic E-state index is 12.6. The number of benzene rings is 2. The van der Waals surface area contributed by atoms with Crippen molar-refractivity contribution in [3.8, 4) is 5.75 Å². The van der Waals surface area contributed by atoms with Gasteiger partial charge in [0.05, 0.1) is 0 Å². The Morgan fingerprint density at radius 2 is 1.65 bits per heavy atom. The number of hydrogen-bond acceptors (Lipinski definition) is 4. The Morgan fingerprint density at radius 3 is 2.26 bits per heavy atom. The number of aryl methyl sites for hydroxylation is 2. The summed E-state index contributed by atoms with van der Waals surface area (Å²) in [6.07, 6.45) is 1.35. The third-order valence-electron chi connectivity index (χ3n) is 4.75. The standard InChI is InChI=1S/C24H31N3O4/c1-5-18-10-12-19(13-11-18)31-15-22(28)26-27-24(30)21(14-16(2)3)25-23(29)20-9-7-6-8-17(20)4/h6-13,16,21H,5,14-15H2,1-4H3,(H,25,29)(H,26,28)(H,27,30)/t21-/m0/s1. The molecular weight excluding hydrogens is 394 g/mol. The van der Waals surface area contributed by atoms with E-state index >= 15 is 0 Å². The zero-order valence-corrected chi connectivity index (χ0v) is 18.5. The number of hydrogen-bond donors (Lipinski definition) is 3. The van der Waals surface area contributed by atoms with Crippen LogP contribution in [-0.4, -0.2) is 30.4 Å². The van der Waals surface area contributed by atoms with Crippen molar-refractivity contribution in [2.75, 3.05) is 6.61 Å². The molecule has 2 aromatic rings. The van der Waals surface area contributed by atoms with Gasteiger partial charge in [-0.15, -0.1) is 0 Å². The Morgan fingerprint density at radius 1 is 0.968 bits per heavy atom. The SMILES string of the molecule is CCc1ccc(OCC(=O)NNC(=O)[C@H](CC(C)C)NC(=O)c2ccccc2C)cc1. The Hall–Kier alpha value is -3.35. The average molecular weight is 426 g/mol. The lowest BCUT2D eigenvalue weighted by molar-refractivity contribution is -0.131. The van der Waals surface area contributed by atoms with Gasteiger partial charge in [0.25, 0.3) is 17.7 Å². The Bertz CT molecular complexity index is 894. The van der Waals surface area contributed by atoms with Crippen molar-refractivity contribution in [1.82, 2.24) is 16.2 Å². The zero-order valence-electron chi connectivity index (χ0n) is 18.5. The van der Waals surface area contributed by atoms with Crippen LogP contribution in [0.25, 0.3) is 0 Å². The molecule has 7 nitrogen and oxygen atoms in total. The van der Waals surface area contributed by atoms with E-state index in [0.29, 0.717) is 17.7 Å². The second-order valence-electron chi connectivity index (χ2n) is 7.79. The molecule has 0 aliphatic heterocycles. The van der Waals surface area contributed by atoms with E-state index in [1.165, 1.54) is 5.56 Å². The van der Waals surface area contributed by atoms with Gasteiger partial charge in [-0.05, 0) is 55.0 Å². The van der Waals surface area contributed by atoms with Crippen LogP contribution < -0.4 is 20.9 Å².